The van der Waals surface area contributed by atoms with Gasteiger partial charge in [0, 0.05) is 36.8 Å². The van der Waals surface area contributed by atoms with E-state index < -0.39 is 6.10 Å². The van der Waals surface area contributed by atoms with Gasteiger partial charge in [0.2, 0.25) is 0 Å². The van der Waals surface area contributed by atoms with E-state index in [0.29, 0.717) is 42.0 Å². The Morgan fingerprint density at radius 3 is 2.36 bits per heavy atom. The van der Waals surface area contributed by atoms with E-state index in [1.807, 2.05) is 17.0 Å². The molecule has 172 valence electrons. The van der Waals surface area contributed by atoms with Crippen LogP contribution in [-0.4, -0.2) is 53.3 Å². The molecule has 2 aromatic carbocycles. The van der Waals surface area contributed by atoms with Crippen molar-refractivity contribution in [2.24, 2.45) is 0 Å². The van der Waals surface area contributed by atoms with Gasteiger partial charge in [-0.2, -0.15) is 0 Å². The van der Waals surface area contributed by atoms with Gasteiger partial charge in [-0.25, -0.2) is 0 Å². The van der Waals surface area contributed by atoms with E-state index in [4.69, 9.17) is 27.9 Å². The van der Waals surface area contributed by atoms with Crippen LogP contribution in [0.3, 0.4) is 0 Å². The summed E-state index contributed by atoms with van der Waals surface area (Å²) in [4.78, 5) is 16.8. The Morgan fingerprint density at radius 2 is 1.73 bits per heavy atom. The van der Waals surface area contributed by atoms with Crippen LogP contribution >= 0.6 is 23.2 Å². The number of carbonyl (C=O) groups is 1. The Bertz CT molecular complexity index is 1150. The summed E-state index contributed by atoms with van der Waals surface area (Å²) < 4.78 is 5.78. The third kappa shape index (κ3) is 5.40. The topological polar surface area (TPSA) is 58.6 Å². The number of halogens is 2. The first-order valence-corrected chi connectivity index (χ1v) is 11.6. The van der Waals surface area contributed by atoms with E-state index >= 15 is 0 Å². The van der Waals surface area contributed by atoms with Crippen molar-refractivity contribution in [3.05, 3.63) is 69.7 Å². The Morgan fingerprint density at radius 1 is 0.970 bits per heavy atom. The maximum atomic E-state index is 12.9. The fourth-order valence-electron chi connectivity index (χ4n) is 3.96. The van der Waals surface area contributed by atoms with E-state index in [2.05, 4.69) is 47.1 Å². The number of benzene rings is 2. The van der Waals surface area contributed by atoms with Gasteiger partial charge in [0.05, 0.1) is 10.7 Å². The number of nitrogens with zero attached hydrogens (tertiary/aromatic N) is 4. The number of anilines is 1. The van der Waals surface area contributed by atoms with Crippen LogP contribution in [0.15, 0.2) is 48.5 Å². The lowest BCUT2D eigenvalue weighted by molar-refractivity contribution is -0.138. The second-order valence-electron chi connectivity index (χ2n) is 8.24. The Kier molecular flexibility index (Phi) is 7.05. The molecule has 1 aliphatic heterocycles. The number of piperazine rings is 1. The van der Waals surface area contributed by atoms with Crippen LogP contribution in [0.1, 0.15) is 18.1 Å². The van der Waals surface area contributed by atoms with Crippen molar-refractivity contribution in [3.63, 3.8) is 0 Å². The minimum Gasteiger partial charge on any atom is -0.479 e. The lowest BCUT2D eigenvalue weighted by Crippen LogP contribution is -2.52. The van der Waals surface area contributed by atoms with Crippen molar-refractivity contribution in [2.75, 3.05) is 31.1 Å². The lowest BCUT2D eigenvalue weighted by atomic mass is 10.0. The summed E-state index contributed by atoms with van der Waals surface area (Å²) in [6.07, 6.45) is -0.646. The summed E-state index contributed by atoms with van der Waals surface area (Å²) in [7, 11) is 0. The van der Waals surface area contributed by atoms with E-state index in [-0.39, 0.29) is 5.91 Å². The molecule has 6 nitrogen and oxygen atoms in total. The van der Waals surface area contributed by atoms with Crippen LogP contribution in [0, 0.1) is 13.8 Å². The summed E-state index contributed by atoms with van der Waals surface area (Å²) in [6, 6.07) is 15.3. The molecule has 0 N–H and O–H groups in total. The molecule has 0 bridgehead atoms. The average Bonchev–Trinajstić information content (AvgIpc) is 2.81. The minimum absolute atomic E-state index is 0.0723. The maximum Gasteiger partial charge on any atom is 0.263 e. The zero-order chi connectivity index (χ0) is 23.5. The molecule has 1 aliphatic rings. The van der Waals surface area contributed by atoms with E-state index in [1.165, 1.54) is 11.1 Å². The Balaban J connectivity index is 1.34. The maximum absolute atomic E-state index is 12.9. The van der Waals surface area contributed by atoms with Crippen molar-refractivity contribution in [2.45, 2.75) is 26.9 Å². The first kappa shape index (κ1) is 23.3. The van der Waals surface area contributed by atoms with E-state index in [0.717, 1.165) is 17.1 Å². The predicted molar refractivity (Wildman–Crippen MR) is 132 cm³/mol. The summed E-state index contributed by atoms with van der Waals surface area (Å²) >= 11 is 12.1. The second kappa shape index (κ2) is 9.98. The second-order valence-corrected chi connectivity index (χ2v) is 9.09. The number of aryl methyl sites for hydroxylation is 2. The van der Waals surface area contributed by atoms with Crippen LogP contribution in [0.2, 0.25) is 10.0 Å². The molecule has 4 rings (SSSR count). The highest BCUT2D eigenvalue weighted by Crippen LogP contribution is 2.29. The molecule has 1 fully saturated rings. The fourth-order valence-corrected chi connectivity index (χ4v) is 4.42. The number of rotatable bonds is 5. The first-order valence-electron chi connectivity index (χ1n) is 10.9. The van der Waals surface area contributed by atoms with Gasteiger partial charge in [0.15, 0.2) is 11.9 Å². The zero-order valence-corrected chi connectivity index (χ0v) is 20.4. The molecule has 8 heteroatoms. The number of aromatic nitrogens is 2. The molecule has 1 aromatic heterocycles. The van der Waals surface area contributed by atoms with Gasteiger partial charge in [-0.05, 0) is 56.7 Å². The molecule has 0 radical (unpaired) electrons. The third-order valence-electron chi connectivity index (χ3n) is 5.77. The normalized spacial score (nSPS) is 14.8. The van der Waals surface area contributed by atoms with Crippen LogP contribution in [-0.2, 0) is 4.79 Å². The number of ether oxygens (including phenoxy) is 1. The molecule has 1 unspecified atom stereocenters. The molecule has 0 spiro atoms. The Labute approximate surface area is 204 Å². The van der Waals surface area contributed by atoms with Crippen molar-refractivity contribution in [3.8, 4) is 17.0 Å². The molecule has 0 aliphatic carbocycles. The van der Waals surface area contributed by atoms with Gasteiger partial charge < -0.3 is 14.5 Å². The first-order chi connectivity index (χ1) is 15.8. The molecular weight excluding hydrogens is 459 g/mol. The van der Waals surface area contributed by atoms with Crippen LogP contribution in [0.4, 0.5) is 5.82 Å². The standard InChI is InChI=1S/C25H26Cl2N4O2/c1-16-4-6-20(17(2)14-16)22-7-9-24(29-28-22)30-10-12-31(13-11-30)25(32)18(3)33-23-8-5-19(26)15-21(23)27/h4-9,14-15,18H,10-13H2,1-3H3. The van der Waals surface area contributed by atoms with Crippen molar-refractivity contribution < 1.29 is 9.53 Å². The monoisotopic (exact) mass is 484 g/mol. The molecule has 1 atom stereocenters. The molecule has 3 aromatic rings. The molecule has 2 heterocycles. The number of hydrogen-bond donors (Lipinski definition) is 0. The minimum atomic E-state index is -0.646. The van der Waals surface area contributed by atoms with Gasteiger partial charge in [-0.15, -0.1) is 10.2 Å². The summed E-state index contributed by atoms with van der Waals surface area (Å²) in [5, 5.41) is 9.79. The van der Waals surface area contributed by atoms with Gasteiger partial charge >= 0.3 is 0 Å². The summed E-state index contributed by atoms with van der Waals surface area (Å²) in [5.41, 5.74) is 4.35. The van der Waals surface area contributed by atoms with E-state index in [9.17, 15) is 4.79 Å². The highest BCUT2D eigenvalue weighted by atomic mass is 35.5. The van der Waals surface area contributed by atoms with Crippen LogP contribution < -0.4 is 9.64 Å². The number of hydrogen-bond acceptors (Lipinski definition) is 5. The van der Waals surface area contributed by atoms with Gasteiger partial charge in [-0.3, -0.25) is 4.79 Å². The predicted octanol–water partition coefficient (Wildman–Crippen LogP) is 5.18. The Hall–Kier alpha value is -2.83. The average molecular weight is 485 g/mol. The smallest absolute Gasteiger partial charge is 0.263 e. The molecule has 33 heavy (non-hydrogen) atoms. The van der Waals surface area contributed by atoms with Crippen molar-refractivity contribution in [1.29, 1.82) is 0 Å². The number of carbonyl (C=O) groups excluding carboxylic acids is 1. The highest BCUT2D eigenvalue weighted by molar-refractivity contribution is 6.35. The zero-order valence-electron chi connectivity index (χ0n) is 18.9. The SMILES string of the molecule is Cc1ccc(-c2ccc(N3CCN(C(=O)C(C)Oc4ccc(Cl)cc4Cl)CC3)nn2)c(C)c1. The van der Waals surface area contributed by atoms with Crippen LogP contribution in [0.25, 0.3) is 11.3 Å². The molecule has 1 amide bonds. The highest BCUT2D eigenvalue weighted by Gasteiger charge is 2.27. The quantitative estimate of drug-likeness (QED) is 0.498. The lowest BCUT2D eigenvalue weighted by Gasteiger charge is -2.36. The molecular formula is C25H26Cl2N4O2. The summed E-state index contributed by atoms with van der Waals surface area (Å²) in [6.45, 7) is 8.42. The number of amides is 1. The fraction of sp³-hybridized carbons (Fsp3) is 0.320. The summed E-state index contributed by atoms with van der Waals surface area (Å²) in [5.74, 6) is 1.18. The van der Waals surface area contributed by atoms with E-state index in [1.54, 1.807) is 25.1 Å². The molecule has 1 saturated heterocycles. The largest absolute Gasteiger partial charge is 0.479 e. The van der Waals surface area contributed by atoms with Crippen LogP contribution in [0.5, 0.6) is 5.75 Å². The van der Waals surface area contributed by atoms with Gasteiger partial charge in [0.1, 0.15) is 5.75 Å². The molecule has 0 saturated carbocycles. The van der Waals surface area contributed by atoms with Gasteiger partial charge in [-0.1, -0.05) is 47.0 Å². The van der Waals surface area contributed by atoms with Crippen molar-refractivity contribution >= 4 is 34.9 Å². The third-order valence-corrected chi connectivity index (χ3v) is 6.30. The van der Waals surface area contributed by atoms with Crippen molar-refractivity contribution in [1.82, 2.24) is 15.1 Å². The van der Waals surface area contributed by atoms with Gasteiger partial charge in [0.25, 0.3) is 5.91 Å².